The molecule has 4 nitrogen and oxygen atoms in total. The van der Waals surface area contributed by atoms with E-state index in [-0.39, 0.29) is 12.5 Å². The first-order valence-electron chi connectivity index (χ1n) is 5.29. The molecule has 2 rings (SSSR count). The second kappa shape index (κ2) is 4.14. The van der Waals surface area contributed by atoms with E-state index in [0.29, 0.717) is 11.3 Å². The molecule has 0 saturated heterocycles. The molecule has 0 saturated carbocycles. The Kier molecular flexibility index (Phi) is 2.95. The van der Waals surface area contributed by atoms with Gasteiger partial charge in [0.15, 0.2) is 5.41 Å². The van der Waals surface area contributed by atoms with Gasteiger partial charge in [-0.25, -0.2) is 0 Å². The second-order valence-electron chi connectivity index (χ2n) is 3.99. The Morgan fingerprint density at radius 1 is 1.53 bits per heavy atom. The first-order valence-corrected chi connectivity index (χ1v) is 6.08. The van der Waals surface area contributed by atoms with Crippen molar-refractivity contribution in [3.05, 3.63) is 28.2 Å². The summed E-state index contributed by atoms with van der Waals surface area (Å²) in [4.78, 5) is 23.9. The van der Waals surface area contributed by atoms with Crippen LogP contribution in [0.4, 0.5) is 5.69 Å². The van der Waals surface area contributed by atoms with E-state index in [2.05, 4.69) is 21.2 Å². The highest BCUT2D eigenvalue weighted by Gasteiger charge is 2.50. The number of ether oxygens (including phenoxy) is 1. The van der Waals surface area contributed by atoms with Gasteiger partial charge in [-0.05, 0) is 32.0 Å². The van der Waals surface area contributed by atoms with Crippen molar-refractivity contribution in [1.29, 1.82) is 0 Å². The van der Waals surface area contributed by atoms with Gasteiger partial charge in [-0.1, -0.05) is 15.9 Å². The second-order valence-corrected chi connectivity index (χ2v) is 4.91. The molecule has 1 aromatic carbocycles. The Labute approximate surface area is 107 Å². The van der Waals surface area contributed by atoms with Gasteiger partial charge in [0.25, 0.3) is 0 Å². The minimum Gasteiger partial charge on any atom is -0.465 e. The van der Waals surface area contributed by atoms with E-state index in [1.54, 1.807) is 26.0 Å². The predicted molar refractivity (Wildman–Crippen MR) is 66.8 cm³/mol. The maximum atomic E-state index is 12.0. The topological polar surface area (TPSA) is 55.4 Å². The molecule has 1 amide bonds. The fraction of sp³-hybridized carbons (Fsp3) is 0.333. The Morgan fingerprint density at radius 2 is 2.24 bits per heavy atom. The van der Waals surface area contributed by atoms with Gasteiger partial charge in [0.1, 0.15) is 0 Å². The van der Waals surface area contributed by atoms with Gasteiger partial charge in [-0.15, -0.1) is 0 Å². The molecule has 1 aliphatic rings. The molecule has 1 aliphatic heterocycles. The molecular weight excluding hydrogens is 286 g/mol. The van der Waals surface area contributed by atoms with Gasteiger partial charge in [0, 0.05) is 15.7 Å². The van der Waals surface area contributed by atoms with Crippen molar-refractivity contribution in [1.82, 2.24) is 0 Å². The molecular formula is C12H12BrNO3. The summed E-state index contributed by atoms with van der Waals surface area (Å²) in [6.07, 6.45) is 0. The van der Waals surface area contributed by atoms with Gasteiger partial charge in [0.2, 0.25) is 5.91 Å². The molecule has 5 heteroatoms. The first-order chi connectivity index (χ1) is 8.00. The van der Waals surface area contributed by atoms with Crippen molar-refractivity contribution in [3.8, 4) is 0 Å². The summed E-state index contributed by atoms with van der Waals surface area (Å²) in [5.41, 5.74) is 0.0545. The minimum atomic E-state index is -1.25. The van der Waals surface area contributed by atoms with E-state index >= 15 is 0 Å². The number of anilines is 1. The third-order valence-corrected chi connectivity index (χ3v) is 3.40. The van der Waals surface area contributed by atoms with Crippen LogP contribution in [0.2, 0.25) is 0 Å². The maximum absolute atomic E-state index is 12.0. The number of amides is 1. The van der Waals surface area contributed by atoms with Gasteiger partial charge >= 0.3 is 5.97 Å². The Morgan fingerprint density at radius 3 is 2.88 bits per heavy atom. The van der Waals surface area contributed by atoms with Crippen molar-refractivity contribution in [3.63, 3.8) is 0 Å². The smallest absolute Gasteiger partial charge is 0.326 e. The Hall–Kier alpha value is -1.36. The summed E-state index contributed by atoms with van der Waals surface area (Å²) < 4.78 is 5.80. The normalized spacial score (nSPS) is 21.9. The van der Waals surface area contributed by atoms with Crippen LogP contribution in [0.3, 0.4) is 0 Å². The monoisotopic (exact) mass is 297 g/mol. The highest BCUT2D eigenvalue weighted by atomic mass is 79.9. The Bertz CT molecular complexity index is 501. The van der Waals surface area contributed by atoms with Crippen molar-refractivity contribution in [2.45, 2.75) is 19.3 Å². The van der Waals surface area contributed by atoms with Crippen LogP contribution in [0.15, 0.2) is 22.7 Å². The van der Waals surface area contributed by atoms with Crippen molar-refractivity contribution in [2.24, 2.45) is 0 Å². The zero-order valence-corrected chi connectivity index (χ0v) is 11.1. The van der Waals surface area contributed by atoms with Crippen molar-refractivity contribution < 1.29 is 14.3 Å². The van der Waals surface area contributed by atoms with Crippen LogP contribution >= 0.6 is 15.9 Å². The van der Waals surface area contributed by atoms with Gasteiger partial charge in [-0.2, -0.15) is 0 Å². The molecule has 1 atom stereocenters. The standard InChI is InChI=1S/C12H12BrNO3/c1-3-17-11(16)12(2)8-6-7(13)4-5-9(8)14-10(12)15/h4-6H,3H2,1-2H3,(H,14,15). The molecule has 17 heavy (non-hydrogen) atoms. The summed E-state index contributed by atoms with van der Waals surface area (Å²) in [6, 6.07) is 5.35. The summed E-state index contributed by atoms with van der Waals surface area (Å²) in [6.45, 7) is 3.56. The molecule has 0 radical (unpaired) electrons. The maximum Gasteiger partial charge on any atom is 0.326 e. The number of carbonyl (C=O) groups excluding carboxylic acids is 2. The first kappa shape index (κ1) is 12.1. The number of nitrogens with one attached hydrogen (secondary N) is 1. The van der Waals surface area contributed by atoms with Crippen LogP contribution in [0.5, 0.6) is 0 Å². The fourth-order valence-electron chi connectivity index (χ4n) is 1.89. The molecule has 0 fully saturated rings. The SMILES string of the molecule is CCOC(=O)C1(C)C(=O)Nc2ccc(Br)cc21. The van der Waals surface area contributed by atoms with E-state index < -0.39 is 11.4 Å². The molecule has 1 heterocycles. The molecule has 1 N–H and O–H groups in total. The summed E-state index contributed by atoms with van der Waals surface area (Å²) in [7, 11) is 0. The van der Waals surface area contributed by atoms with Crippen LogP contribution in [-0.4, -0.2) is 18.5 Å². The van der Waals surface area contributed by atoms with Crippen LogP contribution in [0.1, 0.15) is 19.4 Å². The van der Waals surface area contributed by atoms with Gasteiger partial charge in [0.05, 0.1) is 6.61 Å². The number of halogens is 1. The molecule has 1 aromatic rings. The fourth-order valence-corrected chi connectivity index (χ4v) is 2.25. The van der Waals surface area contributed by atoms with Crippen LogP contribution in [0, 0.1) is 0 Å². The lowest BCUT2D eigenvalue weighted by Crippen LogP contribution is -2.40. The van der Waals surface area contributed by atoms with Gasteiger partial charge < -0.3 is 10.1 Å². The average molecular weight is 298 g/mol. The number of hydrogen-bond acceptors (Lipinski definition) is 3. The average Bonchev–Trinajstić information content (AvgIpc) is 2.54. The quantitative estimate of drug-likeness (QED) is 0.673. The lowest BCUT2D eigenvalue weighted by Gasteiger charge is -2.19. The number of hydrogen-bond donors (Lipinski definition) is 1. The van der Waals surface area contributed by atoms with Gasteiger partial charge in [-0.3, -0.25) is 9.59 Å². The zero-order chi connectivity index (χ0) is 12.6. The van der Waals surface area contributed by atoms with E-state index in [1.165, 1.54) is 0 Å². The third-order valence-electron chi connectivity index (χ3n) is 2.91. The lowest BCUT2D eigenvalue weighted by atomic mass is 9.84. The van der Waals surface area contributed by atoms with E-state index in [1.807, 2.05) is 6.07 Å². The number of benzene rings is 1. The van der Waals surface area contributed by atoms with E-state index in [0.717, 1.165) is 4.47 Å². The Balaban J connectivity index is 2.53. The zero-order valence-electron chi connectivity index (χ0n) is 9.54. The van der Waals surface area contributed by atoms with E-state index in [4.69, 9.17) is 4.74 Å². The van der Waals surface area contributed by atoms with Crippen molar-refractivity contribution >= 4 is 33.5 Å². The number of rotatable bonds is 2. The molecule has 0 aromatic heterocycles. The number of carbonyl (C=O) groups is 2. The molecule has 0 aliphatic carbocycles. The summed E-state index contributed by atoms with van der Waals surface area (Å²) in [5, 5.41) is 2.69. The molecule has 1 unspecified atom stereocenters. The minimum absolute atomic E-state index is 0.255. The van der Waals surface area contributed by atoms with Crippen LogP contribution < -0.4 is 5.32 Å². The number of esters is 1. The highest BCUT2D eigenvalue weighted by Crippen LogP contribution is 2.39. The highest BCUT2D eigenvalue weighted by molar-refractivity contribution is 9.10. The van der Waals surface area contributed by atoms with E-state index in [9.17, 15) is 9.59 Å². The lowest BCUT2D eigenvalue weighted by molar-refractivity contribution is -0.152. The molecule has 90 valence electrons. The van der Waals surface area contributed by atoms with Crippen LogP contribution in [-0.2, 0) is 19.7 Å². The predicted octanol–water partition coefficient (Wildman–Crippen LogP) is 2.22. The molecule has 0 bridgehead atoms. The number of fused-ring (bicyclic) bond motifs is 1. The summed E-state index contributed by atoms with van der Waals surface area (Å²) in [5.74, 6) is -0.863. The third kappa shape index (κ3) is 1.74. The molecule has 0 spiro atoms. The summed E-state index contributed by atoms with van der Waals surface area (Å²) >= 11 is 3.33. The van der Waals surface area contributed by atoms with Crippen molar-refractivity contribution in [2.75, 3.05) is 11.9 Å². The van der Waals surface area contributed by atoms with Crippen LogP contribution in [0.25, 0.3) is 0 Å². The largest absolute Gasteiger partial charge is 0.465 e.